The first-order valence-electron chi connectivity index (χ1n) is 6.05. The van der Waals surface area contributed by atoms with E-state index in [9.17, 15) is 9.18 Å². The summed E-state index contributed by atoms with van der Waals surface area (Å²) in [6, 6.07) is 9.88. The average Bonchev–Trinajstić information content (AvgIpc) is 2.38. The molecular weight excluding hydrogens is 323 g/mol. The highest BCUT2D eigenvalue weighted by molar-refractivity contribution is 9.10. The van der Waals surface area contributed by atoms with Gasteiger partial charge in [-0.3, -0.25) is 4.79 Å². The molecule has 3 nitrogen and oxygen atoms in total. The van der Waals surface area contributed by atoms with Crippen LogP contribution >= 0.6 is 15.9 Å². The molecule has 0 saturated carbocycles. The van der Waals surface area contributed by atoms with Gasteiger partial charge in [-0.15, -0.1) is 0 Å². The molecule has 0 saturated heterocycles. The number of hydrogen-bond donors (Lipinski definition) is 2. The molecule has 20 heavy (non-hydrogen) atoms. The van der Waals surface area contributed by atoms with Crippen molar-refractivity contribution >= 4 is 33.2 Å². The maximum absolute atomic E-state index is 13.6. The van der Waals surface area contributed by atoms with Gasteiger partial charge in [-0.25, -0.2) is 4.39 Å². The van der Waals surface area contributed by atoms with Crippen LogP contribution in [0, 0.1) is 12.7 Å². The molecule has 0 atom stereocenters. The van der Waals surface area contributed by atoms with Crippen molar-refractivity contribution in [1.29, 1.82) is 0 Å². The van der Waals surface area contributed by atoms with Crippen molar-refractivity contribution in [3.8, 4) is 0 Å². The molecule has 2 rings (SSSR count). The van der Waals surface area contributed by atoms with Gasteiger partial charge in [-0.2, -0.15) is 0 Å². The predicted molar refractivity (Wildman–Crippen MR) is 82.0 cm³/mol. The Morgan fingerprint density at radius 3 is 2.80 bits per heavy atom. The molecule has 0 spiro atoms. The minimum atomic E-state index is -0.402. The zero-order valence-electron chi connectivity index (χ0n) is 10.9. The summed E-state index contributed by atoms with van der Waals surface area (Å²) in [6.45, 7) is 1.91. The number of aryl methyl sites for hydroxylation is 1. The first-order chi connectivity index (χ1) is 9.45. The Morgan fingerprint density at radius 1 is 1.30 bits per heavy atom. The molecule has 0 aliphatic heterocycles. The standard InChI is InChI=1S/C15H14BrFN2O/c1-9-2-5-13(18)14(6-9)19-15(20)8-10-7-11(16)3-4-12(10)17/h2-7H,8,18H2,1H3,(H,19,20). The van der Waals surface area contributed by atoms with Crippen LogP contribution in [0.4, 0.5) is 15.8 Å². The highest BCUT2D eigenvalue weighted by Crippen LogP contribution is 2.21. The number of benzene rings is 2. The number of carbonyl (C=O) groups excluding carboxylic acids is 1. The Kier molecular flexibility index (Phi) is 4.39. The van der Waals surface area contributed by atoms with Crippen LogP contribution in [0.3, 0.4) is 0 Å². The lowest BCUT2D eigenvalue weighted by atomic mass is 10.1. The zero-order chi connectivity index (χ0) is 14.7. The minimum absolute atomic E-state index is 0.0430. The third-order valence-electron chi connectivity index (χ3n) is 2.84. The Bertz CT molecular complexity index is 603. The Labute approximate surface area is 125 Å². The summed E-state index contributed by atoms with van der Waals surface area (Å²) < 4.78 is 14.3. The molecule has 0 aliphatic rings. The number of halogens is 2. The van der Waals surface area contributed by atoms with Gasteiger partial charge < -0.3 is 11.1 Å². The second-order valence-corrected chi connectivity index (χ2v) is 5.47. The Balaban J connectivity index is 2.13. The molecule has 0 fully saturated rings. The van der Waals surface area contributed by atoms with Crippen molar-refractivity contribution in [3.63, 3.8) is 0 Å². The maximum atomic E-state index is 13.6. The molecule has 5 heteroatoms. The number of rotatable bonds is 3. The van der Waals surface area contributed by atoms with E-state index >= 15 is 0 Å². The summed E-state index contributed by atoms with van der Waals surface area (Å²) >= 11 is 3.26. The number of nitrogen functional groups attached to an aromatic ring is 1. The Morgan fingerprint density at radius 2 is 2.05 bits per heavy atom. The fourth-order valence-electron chi connectivity index (χ4n) is 1.82. The van der Waals surface area contributed by atoms with E-state index in [0.717, 1.165) is 10.0 Å². The highest BCUT2D eigenvalue weighted by atomic mass is 79.9. The lowest BCUT2D eigenvalue weighted by Crippen LogP contribution is -2.16. The molecule has 0 radical (unpaired) electrons. The van der Waals surface area contributed by atoms with Crippen LogP contribution in [0.2, 0.25) is 0 Å². The van der Waals surface area contributed by atoms with Crippen molar-refractivity contribution in [2.75, 3.05) is 11.1 Å². The summed E-state index contributed by atoms with van der Waals surface area (Å²) in [4.78, 5) is 12.0. The molecule has 2 aromatic rings. The van der Waals surface area contributed by atoms with E-state index in [1.54, 1.807) is 24.3 Å². The monoisotopic (exact) mass is 336 g/mol. The number of nitrogens with two attached hydrogens (primary N) is 1. The van der Waals surface area contributed by atoms with E-state index in [4.69, 9.17) is 5.73 Å². The van der Waals surface area contributed by atoms with Gasteiger partial charge in [0.2, 0.25) is 5.91 Å². The quantitative estimate of drug-likeness (QED) is 0.840. The number of hydrogen-bond acceptors (Lipinski definition) is 2. The van der Waals surface area contributed by atoms with Gasteiger partial charge >= 0.3 is 0 Å². The van der Waals surface area contributed by atoms with Gasteiger partial charge in [0.05, 0.1) is 17.8 Å². The topological polar surface area (TPSA) is 55.1 Å². The van der Waals surface area contributed by atoms with E-state index in [1.165, 1.54) is 6.07 Å². The fourth-order valence-corrected chi connectivity index (χ4v) is 2.23. The first kappa shape index (κ1) is 14.5. The summed E-state index contributed by atoms with van der Waals surface area (Å²) in [5.74, 6) is -0.708. The molecule has 104 valence electrons. The van der Waals surface area contributed by atoms with Crippen molar-refractivity contribution in [2.45, 2.75) is 13.3 Å². The molecular formula is C15H14BrFN2O. The van der Waals surface area contributed by atoms with Crippen LogP contribution < -0.4 is 11.1 Å². The van der Waals surface area contributed by atoms with Gasteiger partial charge in [-0.1, -0.05) is 22.0 Å². The van der Waals surface area contributed by atoms with Gasteiger partial charge in [0.1, 0.15) is 5.82 Å². The van der Waals surface area contributed by atoms with Gasteiger partial charge in [0.25, 0.3) is 0 Å². The molecule has 0 aliphatic carbocycles. The second kappa shape index (κ2) is 6.05. The summed E-state index contributed by atoms with van der Waals surface area (Å²) in [5, 5.41) is 2.70. The van der Waals surface area contributed by atoms with E-state index in [0.29, 0.717) is 16.9 Å². The summed E-state index contributed by atoms with van der Waals surface area (Å²) in [5.41, 5.74) is 8.15. The molecule has 0 heterocycles. The Hall–Kier alpha value is -1.88. The summed E-state index contributed by atoms with van der Waals surface area (Å²) in [7, 11) is 0. The molecule has 1 amide bonds. The van der Waals surface area contributed by atoms with Crippen LogP contribution in [0.25, 0.3) is 0 Å². The van der Waals surface area contributed by atoms with Gasteiger partial charge in [0.15, 0.2) is 0 Å². The normalized spacial score (nSPS) is 10.3. The van der Waals surface area contributed by atoms with Gasteiger partial charge in [0, 0.05) is 4.47 Å². The van der Waals surface area contributed by atoms with E-state index < -0.39 is 5.82 Å². The number of amides is 1. The van der Waals surface area contributed by atoms with Crippen LogP contribution in [-0.4, -0.2) is 5.91 Å². The first-order valence-corrected chi connectivity index (χ1v) is 6.85. The number of anilines is 2. The van der Waals surface area contributed by atoms with Crippen LogP contribution in [-0.2, 0) is 11.2 Å². The van der Waals surface area contributed by atoms with E-state index in [-0.39, 0.29) is 12.3 Å². The van der Waals surface area contributed by atoms with Crippen molar-refractivity contribution in [3.05, 3.63) is 57.8 Å². The number of carbonyl (C=O) groups is 1. The second-order valence-electron chi connectivity index (χ2n) is 4.55. The maximum Gasteiger partial charge on any atom is 0.228 e. The van der Waals surface area contributed by atoms with Crippen LogP contribution in [0.5, 0.6) is 0 Å². The smallest absolute Gasteiger partial charge is 0.228 e. The lowest BCUT2D eigenvalue weighted by molar-refractivity contribution is -0.115. The molecule has 0 aromatic heterocycles. The predicted octanol–water partition coefficient (Wildman–Crippen LogP) is 3.66. The lowest BCUT2D eigenvalue weighted by Gasteiger charge is -2.09. The SMILES string of the molecule is Cc1ccc(N)c(NC(=O)Cc2cc(Br)ccc2F)c1. The van der Waals surface area contributed by atoms with Crippen LogP contribution in [0.1, 0.15) is 11.1 Å². The third-order valence-corrected chi connectivity index (χ3v) is 3.33. The number of nitrogens with one attached hydrogen (secondary N) is 1. The fraction of sp³-hybridized carbons (Fsp3) is 0.133. The van der Waals surface area contributed by atoms with Crippen molar-refractivity contribution in [1.82, 2.24) is 0 Å². The summed E-state index contributed by atoms with van der Waals surface area (Å²) in [6.07, 6.45) is -0.0430. The van der Waals surface area contributed by atoms with E-state index in [2.05, 4.69) is 21.2 Å². The molecule has 0 bridgehead atoms. The molecule has 0 unspecified atom stereocenters. The average molecular weight is 337 g/mol. The minimum Gasteiger partial charge on any atom is -0.397 e. The molecule has 2 aromatic carbocycles. The molecule has 3 N–H and O–H groups in total. The zero-order valence-corrected chi connectivity index (χ0v) is 12.5. The van der Waals surface area contributed by atoms with Crippen molar-refractivity contribution in [2.24, 2.45) is 0 Å². The van der Waals surface area contributed by atoms with Gasteiger partial charge in [-0.05, 0) is 48.4 Å². The van der Waals surface area contributed by atoms with E-state index in [1.807, 2.05) is 13.0 Å². The highest BCUT2D eigenvalue weighted by Gasteiger charge is 2.10. The van der Waals surface area contributed by atoms with Crippen LogP contribution in [0.15, 0.2) is 40.9 Å². The van der Waals surface area contributed by atoms with Crippen molar-refractivity contribution < 1.29 is 9.18 Å². The third kappa shape index (κ3) is 3.57. The largest absolute Gasteiger partial charge is 0.397 e.